The first kappa shape index (κ1) is 17.4. The molecule has 2 amide bonds. The van der Waals surface area contributed by atoms with Gasteiger partial charge in [0.25, 0.3) is 0 Å². The van der Waals surface area contributed by atoms with Crippen LogP contribution in [0.4, 0.5) is 0 Å². The van der Waals surface area contributed by atoms with Crippen LogP contribution in [-0.4, -0.2) is 41.0 Å². The van der Waals surface area contributed by atoms with Gasteiger partial charge in [-0.3, -0.25) is 9.59 Å². The maximum absolute atomic E-state index is 11.6. The molecule has 0 spiro atoms. The standard InChI is InChI=1S/C12H23N3O4/c1-5-12(4,11(18)19)15-8(16)6-14-10(17)9(13)7(2)3/h7,9H,5-6,13H2,1-4H3,(H,14,17)(H,15,16)(H,18,19)/t9-,12?/m0/s1. The monoisotopic (exact) mass is 273 g/mol. The molecule has 0 fully saturated rings. The summed E-state index contributed by atoms with van der Waals surface area (Å²) in [5, 5.41) is 13.7. The molecule has 0 aromatic rings. The van der Waals surface area contributed by atoms with Crippen LogP contribution in [0.3, 0.4) is 0 Å². The Balaban J connectivity index is 4.34. The fourth-order valence-corrected chi connectivity index (χ4v) is 1.23. The van der Waals surface area contributed by atoms with Crippen LogP contribution in [0.2, 0.25) is 0 Å². The topological polar surface area (TPSA) is 122 Å². The minimum absolute atomic E-state index is 0.0389. The minimum Gasteiger partial charge on any atom is -0.480 e. The highest BCUT2D eigenvalue weighted by Crippen LogP contribution is 2.08. The Morgan fingerprint density at radius 2 is 1.84 bits per heavy atom. The van der Waals surface area contributed by atoms with E-state index in [1.807, 2.05) is 0 Å². The Morgan fingerprint density at radius 3 is 2.21 bits per heavy atom. The molecule has 19 heavy (non-hydrogen) atoms. The first-order valence-corrected chi connectivity index (χ1v) is 6.21. The number of carbonyl (C=O) groups is 3. The average Bonchev–Trinajstić information content (AvgIpc) is 2.34. The highest BCUT2D eigenvalue weighted by Gasteiger charge is 2.32. The number of amides is 2. The summed E-state index contributed by atoms with van der Waals surface area (Å²) in [6.45, 7) is 6.37. The highest BCUT2D eigenvalue weighted by molar-refractivity contribution is 5.90. The van der Waals surface area contributed by atoms with Crippen LogP contribution >= 0.6 is 0 Å². The van der Waals surface area contributed by atoms with E-state index in [2.05, 4.69) is 10.6 Å². The van der Waals surface area contributed by atoms with E-state index in [1.54, 1.807) is 20.8 Å². The van der Waals surface area contributed by atoms with Crippen LogP contribution in [0.5, 0.6) is 0 Å². The van der Waals surface area contributed by atoms with Gasteiger partial charge in [0, 0.05) is 0 Å². The number of aliphatic carboxylic acids is 1. The van der Waals surface area contributed by atoms with Gasteiger partial charge in [-0.05, 0) is 19.3 Å². The SMILES string of the molecule is CCC(C)(NC(=O)CNC(=O)[C@@H](N)C(C)C)C(=O)O. The fourth-order valence-electron chi connectivity index (χ4n) is 1.23. The molecule has 7 heteroatoms. The Morgan fingerprint density at radius 1 is 1.32 bits per heavy atom. The van der Waals surface area contributed by atoms with Crippen molar-refractivity contribution in [3.05, 3.63) is 0 Å². The van der Waals surface area contributed by atoms with E-state index in [0.717, 1.165) is 0 Å². The van der Waals surface area contributed by atoms with Crippen molar-refractivity contribution < 1.29 is 19.5 Å². The molecular formula is C12H23N3O4. The lowest BCUT2D eigenvalue weighted by Gasteiger charge is -2.24. The Hall–Kier alpha value is -1.63. The second-order valence-electron chi connectivity index (χ2n) is 5.03. The van der Waals surface area contributed by atoms with Crippen molar-refractivity contribution >= 4 is 17.8 Å². The predicted molar refractivity (Wildman–Crippen MR) is 70.3 cm³/mol. The van der Waals surface area contributed by atoms with Gasteiger partial charge in [-0.15, -0.1) is 0 Å². The number of carboxylic acid groups (broad SMARTS) is 1. The van der Waals surface area contributed by atoms with Crippen LogP contribution in [0, 0.1) is 5.92 Å². The number of nitrogens with one attached hydrogen (secondary N) is 2. The third-order valence-corrected chi connectivity index (χ3v) is 3.04. The smallest absolute Gasteiger partial charge is 0.329 e. The molecule has 0 bridgehead atoms. The lowest BCUT2D eigenvalue weighted by atomic mass is 9.99. The number of nitrogens with two attached hydrogens (primary N) is 1. The molecule has 0 aliphatic carbocycles. The van der Waals surface area contributed by atoms with Crippen LogP contribution in [0.25, 0.3) is 0 Å². The molecule has 0 rings (SSSR count). The van der Waals surface area contributed by atoms with Crippen LogP contribution in [0.1, 0.15) is 34.1 Å². The van der Waals surface area contributed by atoms with Gasteiger partial charge in [0.2, 0.25) is 11.8 Å². The van der Waals surface area contributed by atoms with Crippen molar-refractivity contribution in [2.24, 2.45) is 11.7 Å². The van der Waals surface area contributed by atoms with Gasteiger partial charge in [0.1, 0.15) is 5.54 Å². The lowest BCUT2D eigenvalue weighted by molar-refractivity contribution is -0.146. The third kappa shape index (κ3) is 5.25. The number of rotatable bonds is 7. The maximum atomic E-state index is 11.6. The summed E-state index contributed by atoms with van der Waals surface area (Å²) in [5.74, 6) is -2.15. The van der Waals surface area contributed by atoms with Crippen LogP contribution < -0.4 is 16.4 Å². The molecule has 0 aromatic carbocycles. The number of carbonyl (C=O) groups excluding carboxylic acids is 2. The van der Waals surface area contributed by atoms with Gasteiger partial charge in [-0.2, -0.15) is 0 Å². The van der Waals surface area contributed by atoms with Crippen molar-refractivity contribution in [1.82, 2.24) is 10.6 Å². The molecule has 0 heterocycles. The molecule has 0 saturated heterocycles. The summed E-state index contributed by atoms with van der Waals surface area (Å²) in [6, 6.07) is -0.690. The third-order valence-electron chi connectivity index (χ3n) is 3.04. The summed E-state index contributed by atoms with van der Waals surface area (Å²) in [7, 11) is 0. The van der Waals surface area contributed by atoms with Gasteiger partial charge in [-0.1, -0.05) is 20.8 Å². The molecule has 0 saturated carbocycles. The van der Waals surface area contributed by atoms with E-state index in [1.165, 1.54) is 6.92 Å². The summed E-state index contributed by atoms with van der Waals surface area (Å²) in [5.41, 5.74) is 4.28. The van der Waals surface area contributed by atoms with Crippen LogP contribution in [0.15, 0.2) is 0 Å². The largest absolute Gasteiger partial charge is 0.480 e. The van der Waals surface area contributed by atoms with Crippen molar-refractivity contribution in [2.45, 2.75) is 45.7 Å². The quantitative estimate of drug-likeness (QED) is 0.496. The Kier molecular flexibility index (Phi) is 6.47. The average molecular weight is 273 g/mol. The summed E-state index contributed by atoms with van der Waals surface area (Å²) in [6.07, 6.45) is 0.244. The molecular weight excluding hydrogens is 250 g/mol. The van der Waals surface area contributed by atoms with Crippen molar-refractivity contribution in [3.8, 4) is 0 Å². The second kappa shape index (κ2) is 7.08. The molecule has 0 radical (unpaired) electrons. The lowest BCUT2D eigenvalue weighted by Crippen LogP contribution is -2.55. The van der Waals surface area contributed by atoms with Gasteiger partial charge < -0.3 is 21.5 Å². The fraction of sp³-hybridized carbons (Fsp3) is 0.750. The highest BCUT2D eigenvalue weighted by atomic mass is 16.4. The van der Waals surface area contributed by atoms with E-state index in [9.17, 15) is 14.4 Å². The van der Waals surface area contributed by atoms with E-state index >= 15 is 0 Å². The molecule has 0 aliphatic rings. The van der Waals surface area contributed by atoms with E-state index in [0.29, 0.717) is 0 Å². The predicted octanol–water partition coefficient (Wildman–Crippen LogP) is -0.545. The first-order chi connectivity index (χ1) is 8.64. The second-order valence-corrected chi connectivity index (χ2v) is 5.03. The van der Waals surface area contributed by atoms with E-state index in [-0.39, 0.29) is 18.9 Å². The molecule has 5 N–H and O–H groups in total. The number of carboxylic acids is 1. The minimum atomic E-state index is -1.33. The number of hydrogen-bond donors (Lipinski definition) is 4. The van der Waals surface area contributed by atoms with E-state index < -0.39 is 29.4 Å². The van der Waals surface area contributed by atoms with Gasteiger partial charge in [0.05, 0.1) is 12.6 Å². The Bertz CT molecular complexity index is 357. The van der Waals surface area contributed by atoms with Gasteiger partial charge >= 0.3 is 5.97 Å². The van der Waals surface area contributed by atoms with Crippen molar-refractivity contribution in [1.29, 1.82) is 0 Å². The summed E-state index contributed by atoms with van der Waals surface area (Å²) in [4.78, 5) is 34.1. The zero-order valence-electron chi connectivity index (χ0n) is 11.8. The van der Waals surface area contributed by atoms with Crippen molar-refractivity contribution in [2.75, 3.05) is 6.54 Å². The molecule has 7 nitrogen and oxygen atoms in total. The Labute approximate surface area is 112 Å². The zero-order chi connectivity index (χ0) is 15.2. The van der Waals surface area contributed by atoms with Crippen LogP contribution in [-0.2, 0) is 14.4 Å². The molecule has 2 atom stereocenters. The molecule has 0 aliphatic heterocycles. The van der Waals surface area contributed by atoms with Gasteiger partial charge in [0.15, 0.2) is 0 Å². The maximum Gasteiger partial charge on any atom is 0.329 e. The molecule has 0 aromatic heterocycles. The van der Waals surface area contributed by atoms with E-state index in [4.69, 9.17) is 10.8 Å². The summed E-state index contributed by atoms with van der Waals surface area (Å²) < 4.78 is 0. The van der Waals surface area contributed by atoms with Gasteiger partial charge in [-0.25, -0.2) is 4.79 Å². The first-order valence-electron chi connectivity index (χ1n) is 6.21. The zero-order valence-corrected chi connectivity index (χ0v) is 11.8. The molecule has 1 unspecified atom stereocenters. The normalized spacial score (nSPS) is 15.5. The molecule has 110 valence electrons. The summed E-state index contributed by atoms with van der Waals surface area (Å²) >= 11 is 0. The number of hydrogen-bond acceptors (Lipinski definition) is 4. The van der Waals surface area contributed by atoms with Crippen molar-refractivity contribution in [3.63, 3.8) is 0 Å².